The maximum absolute atomic E-state index is 5.70. The van der Waals surface area contributed by atoms with Gasteiger partial charge in [0.1, 0.15) is 17.4 Å². The second-order valence-corrected chi connectivity index (χ2v) is 6.69. The van der Waals surface area contributed by atoms with Crippen LogP contribution in [0.25, 0.3) is 0 Å². The van der Waals surface area contributed by atoms with Gasteiger partial charge in [0.25, 0.3) is 0 Å². The summed E-state index contributed by atoms with van der Waals surface area (Å²) < 4.78 is 7.99. The molecular weight excluding hydrogens is 340 g/mol. The Labute approximate surface area is 161 Å². The summed E-state index contributed by atoms with van der Waals surface area (Å²) in [6.07, 6.45) is 6.54. The third-order valence-electron chi connectivity index (χ3n) is 4.68. The number of aliphatic imine (C=N–C) groups is 1. The fraction of sp³-hybridized carbons (Fsp3) is 0.550. The highest BCUT2D eigenvalue weighted by Gasteiger charge is 2.14. The van der Waals surface area contributed by atoms with Crippen LogP contribution in [0, 0.1) is 0 Å². The van der Waals surface area contributed by atoms with Gasteiger partial charge in [-0.3, -0.25) is 4.99 Å². The average Bonchev–Trinajstić information content (AvgIpc) is 2.93. The molecule has 0 aliphatic carbocycles. The van der Waals surface area contributed by atoms with Crippen LogP contribution >= 0.6 is 0 Å². The molecule has 1 aliphatic rings. The molecule has 0 saturated heterocycles. The van der Waals surface area contributed by atoms with Crippen molar-refractivity contribution >= 4 is 5.96 Å². The molecule has 0 bridgehead atoms. The lowest BCUT2D eigenvalue weighted by Gasteiger charge is -2.12. The van der Waals surface area contributed by atoms with E-state index in [0.29, 0.717) is 6.61 Å². The van der Waals surface area contributed by atoms with Crippen LogP contribution in [0.4, 0.5) is 0 Å². The van der Waals surface area contributed by atoms with Gasteiger partial charge in [-0.25, -0.2) is 0 Å². The second-order valence-electron chi connectivity index (χ2n) is 6.69. The van der Waals surface area contributed by atoms with Crippen molar-refractivity contribution in [3.05, 3.63) is 42.0 Å². The number of fused-ring (bicyclic) bond motifs is 1. The summed E-state index contributed by atoms with van der Waals surface area (Å²) in [5, 5.41) is 15.4. The minimum Gasteiger partial charge on any atom is -0.494 e. The van der Waals surface area contributed by atoms with Gasteiger partial charge in [0, 0.05) is 39.5 Å². The molecule has 1 aromatic carbocycles. The maximum atomic E-state index is 5.70. The molecule has 0 unspecified atom stereocenters. The summed E-state index contributed by atoms with van der Waals surface area (Å²) in [5.41, 5.74) is 0. The second kappa shape index (κ2) is 10.5. The highest BCUT2D eigenvalue weighted by atomic mass is 16.5. The van der Waals surface area contributed by atoms with Crippen molar-refractivity contribution in [1.82, 2.24) is 25.4 Å². The van der Waals surface area contributed by atoms with Crippen molar-refractivity contribution in [2.24, 2.45) is 4.99 Å². The summed E-state index contributed by atoms with van der Waals surface area (Å²) in [4.78, 5) is 4.28. The summed E-state index contributed by atoms with van der Waals surface area (Å²) in [5.74, 6) is 3.94. The summed E-state index contributed by atoms with van der Waals surface area (Å²) in [6, 6.07) is 9.89. The number of guanidine groups is 1. The largest absolute Gasteiger partial charge is 0.494 e. The van der Waals surface area contributed by atoms with Crippen LogP contribution in [-0.2, 0) is 19.4 Å². The van der Waals surface area contributed by atoms with Gasteiger partial charge in [-0.1, -0.05) is 24.6 Å². The van der Waals surface area contributed by atoms with Gasteiger partial charge < -0.3 is 19.9 Å². The first kappa shape index (κ1) is 19.2. The zero-order chi connectivity index (χ0) is 18.7. The van der Waals surface area contributed by atoms with Gasteiger partial charge in [0.2, 0.25) is 0 Å². The molecule has 1 aromatic heterocycles. The number of rotatable bonds is 8. The molecule has 0 amide bonds. The predicted molar refractivity (Wildman–Crippen MR) is 107 cm³/mol. The Bertz CT molecular complexity index is 713. The van der Waals surface area contributed by atoms with E-state index in [4.69, 9.17) is 4.74 Å². The lowest BCUT2D eigenvalue weighted by Crippen LogP contribution is -2.39. The molecule has 2 aromatic rings. The highest BCUT2D eigenvalue weighted by Crippen LogP contribution is 2.14. The van der Waals surface area contributed by atoms with Crippen LogP contribution in [0.5, 0.6) is 5.75 Å². The topological polar surface area (TPSA) is 76.4 Å². The molecule has 27 heavy (non-hydrogen) atoms. The van der Waals surface area contributed by atoms with Crippen molar-refractivity contribution in [2.75, 3.05) is 26.7 Å². The first-order valence-electron chi connectivity index (χ1n) is 9.90. The van der Waals surface area contributed by atoms with E-state index in [2.05, 4.69) is 30.4 Å². The normalized spacial score (nSPS) is 14.3. The fourth-order valence-electron chi connectivity index (χ4n) is 3.23. The van der Waals surface area contributed by atoms with E-state index in [0.717, 1.165) is 62.3 Å². The van der Waals surface area contributed by atoms with Gasteiger partial charge in [0.05, 0.1) is 6.61 Å². The molecule has 0 fully saturated rings. The maximum Gasteiger partial charge on any atom is 0.190 e. The number of nitrogens with zero attached hydrogens (tertiary/aromatic N) is 4. The molecule has 0 radical (unpaired) electrons. The summed E-state index contributed by atoms with van der Waals surface area (Å²) in [6.45, 7) is 3.33. The van der Waals surface area contributed by atoms with Crippen LogP contribution in [-0.4, -0.2) is 47.5 Å². The zero-order valence-corrected chi connectivity index (χ0v) is 16.2. The summed E-state index contributed by atoms with van der Waals surface area (Å²) >= 11 is 0. The smallest absolute Gasteiger partial charge is 0.190 e. The van der Waals surface area contributed by atoms with E-state index < -0.39 is 0 Å². The Kier molecular flexibility index (Phi) is 7.50. The molecule has 7 nitrogen and oxygen atoms in total. The van der Waals surface area contributed by atoms with Crippen LogP contribution < -0.4 is 15.4 Å². The number of benzene rings is 1. The molecule has 3 rings (SSSR count). The minimum atomic E-state index is 0.680. The number of aryl methyl sites for hydroxylation is 1. The number of para-hydroxylation sites is 1. The fourth-order valence-corrected chi connectivity index (χ4v) is 3.23. The SMILES string of the molecule is CN=C(NCCCOc1ccccc1)NCCc1nnc2n1CCCCC2. The number of hydrogen-bond donors (Lipinski definition) is 2. The van der Waals surface area contributed by atoms with Crippen LogP contribution in [0.3, 0.4) is 0 Å². The van der Waals surface area contributed by atoms with Gasteiger partial charge in [-0.15, -0.1) is 10.2 Å². The molecule has 7 heteroatoms. The van der Waals surface area contributed by atoms with Crippen molar-refractivity contribution < 1.29 is 4.74 Å². The standard InChI is InChI=1S/C20H30N6O/c1-21-20(22-13-8-16-27-17-9-4-2-5-10-17)23-14-12-19-25-24-18-11-6-3-7-15-26(18)19/h2,4-5,9-10H,3,6-8,11-16H2,1H3,(H2,21,22,23). The summed E-state index contributed by atoms with van der Waals surface area (Å²) in [7, 11) is 1.79. The zero-order valence-electron chi connectivity index (χ0n) is 16.2. The lowest BCUT2D eigenvalue weighted by atomic mass is 10.2. The highest BCUT2D eigenvalue weighted by molar-refractivity contribution is 5.79. The molecule has 0 atom stereocenters. The van der Waals surface area contributed by atoms with Gasteiger partial charge >= 0.3 is 0 Å². The van der Waals surface area contributed by atoms with E-state index >= 15 is 0 Å². The van der Waals surface area contributed by atoms with E-state index in [1.54, 1.807) is 7.05 Å². The average molecular weight is 371 g/mol. The third-order valence-corrected chi connectivity index (χ3v) is 4.68. The van der Waals surface area contributed by atoms with Crippen LogP contribution in [0.2, 0.25) is 0 Å². The van der Waals surface area contributed by atoms with E-state index in [1.807, 2.05) is 30.3 Å². The first-order valence-corrected chi connectivity index (χ1v) is 9.90. The Hall–Kier alpha value is -2.57. The quantitative estimate of drug-likeness (QED) is 0.423. The molecular formula is C20H30N6O. The molecule has 2 heterocycles. The molecule has 0 saturated carbocycles. The van der Waals surface area contributed by atoms with Crippen molar-refractivity contribution in [3.8, 4) is 5.75 Å². The Balaban J connectivity index is 1.33. The van der Waals surface area contributed by atoms with Crippen molar-refractivity contribution in [2.45, 2.75) is 45.1 Å². The molecule has 0 spiro atoms. The number of nitrogens with one attached hydrogen (secondary N) is 2. The Morgan fingerprint density at radius 3 is 2.81 bits per heavy atom. The lowest BCUT2D eigenvalue weighted by molar-refractivity contribution is 0.311. The minimum absolute atomic E-state index is 0.680. The van der Waals surface area contributed by atoms with Gasteiger partial charge in [0.15, 0.2) is 5.96 Å². The van der Waals surface area contributed by atoms with Gasteiger partial charge in [-0.05, 0) is 31.4 Å². The number of hydrogen-bond acceptors (Lipinski definition) is 4. The molecule has 146 valence electrons. The number of ether oxygens (including phenoxy) is 1. The van der Waals surface area contributed by atoms with Crippen LogP contribution in [0.1, 0.15) is 37.3 Å². The Morgan fingerprint density at radius 2 is 1.96 bits per heavy atom. The van der Waals surface area contributed by atoms with E-state index in [1.165, 1.54) is 19.3 Å². The van der Waals surface area contributed by atoms with Crippen molar-refractivity contribution in [3.63, 3.8) is 0 Å². The predicted octanol–water partition coefficient (Wildman–Crippen LogP) is 2.18. The van der Waals surface area contributed by atoms with E-state index in [-0.39, 0.29) is 0 Å². The third kappa shape index (κ3) is 5.98. The molecule has 1 aliphatic heterocycles. The van der Waals surface area contributed by atoms with Gasteiger partial charge in [-0.2, -0.15) is 0 Å². The number of aromatic nitrogens is 3. The first-order chi connectivity index (χ1) is 13.4. The Morgan fingerprint density at radius 1 is 1.11 bits per heavy atom. The molecule has 2 N–H and O–H groups in total. The van der Waals surface area contributed by atoms with Crippen molar-refractivity contribution in [1.29, 1.82) is 0 Å². The van der Waals surface area contributed by atoms with Crippen LogP contribution in [0.15, 0.2) is 35.3 Å². The monoisotopic (exact) mass is 370 g/mol. The van der Waals surface area contributed by atoms with E-state index in [9.17, 15) is 0 Å².